The number of hydrogen-bond donors (Lipinski definition) is 8. The van der Waals surface area contributed by atoms with Crippen molar-refractivity contribution in [2.75, 3.05) is 13.1 Å². The van der Waals surface area contributed by atoms with Gasteiger partial charge in [-0.25, -0.2) is 0 Å². The number of carbonyl (C=O) groups is 3. The smallest absolute Gasteiger partial charge is 0.252 e. The van der Waals surface area contributed by atoms with Crippen LogP contribution < -0.4 is 21.3 Å². The molecule has 7 rings (SSSR count). The van der Waals surface area contributed by atoms with Gasteiger partial charge in [-0.3, -0.25) is 30.1 Å². The van der Waals surface area contributed by atoms with Crippen LogP contribution in [0.4, 0.5) is 0 Å². The Morgan fingerprint density at radius 2 is 1.82 bits per heavy atom. The van der Waals surface area contributed by atoms with E-state index in [1.807, 2.05) is 6.07 Å². The molecule has 0 aromatic heterocycles. The minimum atomic E-state index is -2.62. The highest BCUT2D eigenvalue weighted by Crippen LogP contribution is 2.57. The summed E-state index contributed by atoms with van der Waals surface area (Å²) in [4.78, 5) is 40.5. The Hall–Kier alpha value is -3.71. The molecule has 6 aliphatic rings. The summed E-state index contributed by atoms with van der Waals surface area (Å²) < 4.78 is 0. The molecule has 38 heavy (non-hydrogen) atoms. The van der Waals surface area contributed by atoms with Crippen molar-refractivity contribution in [3.63, 3.8) is 0 Å². The van der Waals surface area contributed by atoms with Gasteiger partial charge in [-0.15, -0.1) is 0 Å². The average molecular weight is 523 g/mol. The maximum atomic E-state index is 13.5. The SMILES string of the molecule is N=C1N[C@H]2[C@H](CN3C(=O)CCC3=O)NC(=N)N3C[C@H](NC(=O)c4cccc5c4CCC54CC4)C(O)(O)C23N1. The molecule has 3 amide bonds. The van der Waals surface area contributed by atoms with Crippen molar-refractivity contribution < 1.29 is 24.6 Å². The van der Waals surface area contributed by atoms with E-state index in [4.69, 9.17) is 10.8 Å². The van der Waals surface area contributed by atoms with Crippen molar-refractivity contribution >= 4 is 29.6 Å². The lowest BCUT2D eigenvalue weighted by Gasteiger charge is -2.51. The molecule has 4 saturated heterocycles. The number of hydrogen-bond acceptors (Lipinski definition) is 7. The predicted molar refractivity (Wildman–Crippen MR) is 132 cm³/mol. The third-order valence-corrected chi connectivity index (χ3v) is 9.44. The van der Waals surface area contributed by atoms with Crippen LogP contribution in [0.25, 0.3) is 0 Å². The number of guanidine groups is 2. The Labute approximate surface area is 217 Å². The molecule has 0 radical (unpaired) electrons. The van der Waals surface area contributed by atoms with Gasteiger partial charge in [-0.2, -0.15) is 0 Å². The van der Waals surface area contributed by atoms with Crippen LogP contribution in [-0.2, 0) is 21.4 Å². The van der Waals surface area contributed by atoms with Crippen molar-refractivity contribution in [3.05, 3.63) is 34.9 Å². The second kappa shape index (κ2) is 7.44. The number of imide groups is 1. The second-order valence-corrected chi connectivity index (χ2v) is 11.4. The summed E-state index contributed by atoms with van der Waals surface area (Å²) in [5.74, 6) is -4.08. The molecule has 4 atom stereocenters. The standard InChI is InChI=1S/C25H30N8O5/c26-21-30-19-15(10-32-17(34)4-5-18(32)35)28-22(27)33-11-16(25(37,38)24(19,33)31-21)29-20(36)13-2-1-3-14-12(13)6-7-23(14)8-9-23/h1-3,15-16,19,37-38H,4-11H2,(H2,27,28)(H,29,36)(H3,26,30,31)/t15-,16-,19-,24?/m0/s1. The molecule has 200 valence electrons. The minimum absolute atomic E-state index is 0.104. The summed E-state index contributed by atoms with van der Waals surface area (Å²) in [6.07, 6.45) is 4.28. The summed E-state index contributed by atoms with van der Waals surface area (Å²) in [5.41, 5.74) is 1.13. The molecule has 4 aliphatic heterocycles. The van der Waals surface area contributed by atoms with Crippen molar-refractivity contribution in [1.29, 1.82) is 10.8 Å². The van der Waals surface area contributed by atoms with Crippen LogP contribution in [0, 0.1) is 10.8 Å². The molecule has 1 aromatic rings. The average Bonchev–Trinajstić information content (AvgIpc) is 3.18. The highest BCUT2D eigenvalue weighted by Gasteiger charge is 2.74. The highest BCUT2D eigenvalue weighted by atomic mass is 16.5. The molecule has 1 unspecified atom stereocenters. The third-order valence-electron chi connectivity index (χ3n) is 9.44. The number of nitrogens with zero attached hydrogens (tertiary/aromatic N) is 2. The van der Waals surface area contributed by atoms with E-state index in [-0.39, 0.29) is 55.1 Å². The minimum Gasteiger partial charge on any atom is -0.361 e. The summed E-state index contributed by atoms with van der Waals surface area (Å²) in [6, 6.07) is 2.78. The summed E-state index contributed by atoms with van der Waals surface area (Å²) in [7, 11) is 0. The lowest BCUT2D eigenvalue weighted by Crippen LogP contribution is -2.81. The summed E-state index contributed by atoms with van der Waals surface area (Å²) in [5, 5.41) is 51.7. The van der Waals surface area contributed by atoms with Gasteiger partial charge in [-0.05, 0) is 48.3 Å². The van der Waals surface area contributed by atoms with E-state index in [1.165, 1.54) is 10.5 Å². The molecule has 13 nitrogen and oxygen atoms in total. The van der Waals surface area contributed by atoms with Crippen molar-refractivity contribution in [2.24, 2.45) is 0 Å². The topological polar surface area (TPSA) is 194 Å². The number of likely N-dealkylation sites (tertiary alicyclic amines) is 1. The first-order valence-corrected chi connectivity index (χ1v) is 13.0. The fraction of sp³-hybridized carbons (Fsp3) is 0.560. The van der Waals surface area contributed by atoms with Gasteiger partial charge in [0.1, 0.15) is 6.04 Å². The molecule has 1 saturated carbocycles. The van der Waals surface area contributed by atoms with Gasteiger partial charge in [0, 0.05) is 24.9 Å². The quantitative estimate of drug-likeness (QED) is 0.163. The zero-order chi connectivity index (χ0) is 26.6. The molecule has 2 aliphatic carbocycles. The van der Waals surface area contributed by atoms with Crippen LogP contribution in [0.15, 0.2) is 18.2 Å². The van der Waals surface area contributed by atoms with Crippen LogP contribution in [0.3, 0.4) is 0 Å². The van der Waals surface area contributed by atoms with E-state index in [9.17, 15) is 24.6 Å². The van der Waals surface area contributed by atoms with Gasteiger partial charge < -0.3 is 36.4 Å². The third kappa shape index (κ3) is 2.91. The van der Waals surface area contributed by atoms with Gasteiger partial charge in [0.2, 0.25) is 17.6 Å². The zero-order valence-corrected chi connectivity index (χ0v) is 20.6. The van der Waals surface area contributed by atoms with Crippen molar-refractivity contribution in [3.8, 4) is 0 Å². The number of aliphatic hydroxyl groups is 2. The Balaban J connectivity index is 1.19. The predicted octanol–water partition coefficient (Wildman–Crippen LogP) is -1.99. The number of rotatable bonds is 4. The molecule has 4 heterocycles. The number of carbonyl (C=O) groups excluding carboxylic acids is 3. The van der Waals surface area contributed by atoms with E-state index in [0.717, 1.165) is 36.1 Å². The molecule has 5 fully saturated rings. The molecular weight excluding hydrogens is 492 g/mol. The van der Waals surface area contributed by atoms with Crippen LogP contribution in [0.5, 0.6) is 0 Å². The molecular formula is C25H30N8O5. The van der Waals surface area contributed by atoms with Crippen LogP contribution in [0.1, 0.15) is 53.6 Å². The Bertz CT molecular complexity index is 1310. The van der Waals surface area contributed by atoms with Crippen LogP contribution in [0.2, 0.25) is 0 Å². The summed E-state index contributed by atoms with van der Waals surface area (Å²) >= 11 is 0. The molecule has 1 aromatic carbocycles. The Morgan fingerprint density at radius 3 is 2.53 bits per heavy atom. The Kier molecular flexibility index (Phi) is 4.59. The van der Waals surface area contributed by atoms with E-state index in [2.05, 4.69) is 27.3 Å². The normalized spacial score (nSPS) is 33.5. The lowest BCUT2D eigenvalue weighted by atomic mass is 9.84. The summed E-state index contributed by atoms with van der Waals surface area (Å²) in [6.45, 7) is -0.219. The van der Waals surface area contributed by atoms with Gasteiger partial charge in [0.25, 0.3) is 5.91 Å². The second-order valence-electron chi connectivity index (χ2n) is 11.4. The number of fused-ring (bicyclic) bond motifs is 2. The van der Waals surface area contributed by atoms with E-state index < -0.39 is 35.5 Å². The molecule has 2 spiro atoms. The van der Waals surface area contributed by atoms with E-state index in [1.54, 1.807) is 6.07 Å². The first kappa shape index (κ1) is 23.4. The van der Waals surface area contributed by atoms with E-state index >= 15 is 0 Å². The highest BCUT2D eigenvalue weighted by molar-refractivity contribution is 6.02. The lowest BCUT2D eigenvalue weighted by molar-refractivity contribution is -0.232. The molecule has 0 bridgehead atoms. The largest absolute Gasteiger partial charge is 0.361 e. The van der Waals surface area contributed by atoms with Crippen LogP contribution in [-0.4, -0.2) is 92.3 Å². The number of amides is 3. The zero-order valence-electron chi connectivity index (χ0n) is 20.6. The Morgan fingerprint density at radius 1 is 1.08 bits per heavy atom. The monoisotopic (exact) mass is 522 g/mol. The van der Waals surface area contributed by atoms with Gasteiger partial charge >= 0.3 is 0 Å². The maximum Gasteiger partial charge on any atom is 0.252 e. The van der Waals surface area contributed by atoms with Gasteiger partial charge in [0.05, 0.1) is 18.6 Å². The molecule has 13 heteroatoms. The van der Waals surface area contributed by atoms with Gasteiger partial charge in [0.15, 0.2) is 17.6 Å². The van der Waals surface area contributed by atoms with Crippen LogP contribution >= 0.6 is 0 Å². The number of benzene rings is 1. The van der Waals surface area contributed by atoms with Crippen molar-refractivity contribution in [1.82, 2.24) is 31.1 Å². The first-order chi connectivity index (χ1) is 18.1. The number of nitrogens with one attached hydrogen (secondary N) is 6. The maximum absolute atomic E-state index is 13.5. The molecule has 8 N–H and O–H groups in total. The fourth-order valence-electron chi connectivity index (χ4n) is 7.33. The van der Waals surface area contributed by atoms with Crippen molar-refractivity contribution in [2.45, 2.75) is 73.5 Å². The van der Waals surface area contributed by atoms with E-state index in [0.29, 0.717) is 5.56 Å². The van der Waals surface area contributed by atoms with Gasteiger partial charge in [-0.1, -0.05) is 12.1 Å². The fourth-order valence-corrected chi connectivity index (χ4v) is 7.33. The first-order valence-electron chi connectivity index (χ1n) is 13.0.